The molecule has 1 aliphatic rings. The first-order valence-corrected chi connectivity index (χ1v) is 5.43. The zero-order valence-corrected chi connectivity index (χ0v) is 8.80. The lowest BCUT2D eigenvalue weighted by molar-refractivity contribution is 0.783. The fourth-order valence-corrected chi connectivity index (χ4v) is 1.87. The van der Waals surface area contributed by atoms with Crippen LogP contribution in [0.25, 0.3) is 0 Å². The largest absolute Gasteiger partial charge is 0.318 e. The van der Waals surface area contributed by atoms with Crippen LogP contribution in [-0.4, -0.2) is 20.6 Å². The first kappa shape index (κ1) is 9.47. The maximum absolute atomic E-state index is 6.07. The summed E-state index contributed by atoms with van der Waals surface area (Å²) in [6.07, 6.45) is 2.59. The molecule has 0 amide bonds. The SMILES string of the molecule is NC(c1cccc(C2CC2)c1)c1nn[nH]n1. The molecule has 1 heterocycles. The maximum Gasteiger partial charge on any atom is 0.195 e. The summed E-state index contributed by atoms with van der Waals surface area (Å²) in [7, 11) is 0. The fourth-order valence-electron chi connectivity index (χ4n) is 1.87. The molecule has 1 aliphatic carbocycles. The van der Waals surface area contributed by atoms with E-state index in [2.05, 4.69) is 32.8 Å². The molecule has 1 aromatic heterocycles. The predicted octanol–water partition coefficient (Wildman–Crippen LogP) is 1.13. The van der Waals surface area contributed by atoms with Crippen molar-refractivity contribution in [2.24, 2.45) is 5.73 Å². The normalized spacial score (nSPS) is 17.3. The van der Waals surface area contributed by atoms with Crippen molar-refractivity contribution < 1.29 is 0 Å². The number of benzene rings is 1. The molecular formula is C11H13N5. The van der Waals surface area contributed by atoms with E-state index < -0.39 is 0 Å². The molecule has 5 nitrogen and oxygen atoms in total. The van der Waals surface area contributed by atoms with Gasteiger partial charge in [-0.05, 0) is 29.9 Å². The summed E-state index contributed by atoms with van der Waals surface area (Å²) in [6, 6.07) is 8.07. The summed E-state index contributed by atoms with van der Waals surface area (Å²) in [5.74, 6) is 1.27. The topological polar surface area (TPSA) is 80.5 Å². The van der Waals surface area contributed by atoms with E-state index in [9.17, 15) is 0 Å². The molecule has 0 radical (unpaired) electrons. The number of rotatable bonds is 3. The molecule has 5 heteroatoms. The van der Waals surface area contributed by atoms with Crippen LogP contribution in [0.3, 0.4) is 0 Å². The van der Waals surface area contributed by atoms with E-state index >= 15 is 0 Å². The average molecular weight is 215 g/mol. The van der Waals surface area contributed by atoms with E-state index in [0.717, 1.165) is 11.5 Å². The van der Waals surface area contributed by atoms with Crippen LogP contribution in [0.1, 0.15) is 41.8 Å². The molecule has 0 bridgehead atoms. The Labute approximate surface area is 93.1 Å². The summed E-state index contributed by atoms with van der Waals surface area (Å²) >= 11 is 0. The summed E-state index contributed by atoms with van der Waals surface area (Å²) in [6.45, 7) is 0. The van der Waals surface area contributed by atoms with Gasteiger partial charge in [-0.15, -0.1) is 10.2 Å². The predicted molar refractivity (Wildman–Crippen MR) is 58.6 cm³/mol. The number of H-pyrrole nitrogens is 1. The third-order valence-corrected chi connectivity index (χ3v) is 2.96. The van der Waals surface area contributed by atoms with Crippen LogP contribution < -0.4 is 5.73 Å². The lowest BCUT2D eigenvalue weighted by Crippen LogP contribution is -2.13. The molecule has 0 aliphatic heterocycles. The van der Waals surface area contributed by atoms with E-state index in [4.69, 9.17) is 5.73 Å². The Kier molecular flexibility index (Phi) is 2.18. The molecular weight excluding hydrogens is 202 g/mol. The molecule has 0 spiro atoms. The highest BCUT2D eigenvalue weighted by Crippen LogP contribution is 2.40. The molecule has 1 aromatic carbocycles. The van der Waals surface area contributed by atoms with Crippen LogP contribution in [0.5, 0.6) is 0 Å². The fraction of sp³-hybridized carbons (Fsp3) is 0.364. The highest BCUT2D eigenvalue weighted by molar-refractivity contribution is 5.32. The van der Waals surface area contributed by atoms with Crippen molar-refractivity contribution in [3.8, 4) is 0 Å². The first-order chi connectivity index (χ1) is 7.84. The van der Waals surface area contributed by atoms with Gasteiger partial charge in [-0.3, -0.25) is 0 Å². The maximum atomic E-state index is 6.07. The summed E-state index contributed by atoms with van der Waals surface area (Å²) in [5, 5.41) is 13.8. The Morgan fingerprint density at radius 3 is 2.94 bits per heavy atom. The molecule has 1 atom stereocenters. The van der Waals surface area contributed by atoms with Gasteiger partial charge in [-0.25, -0.2) is 0 Å². The quantitative estimate of drug-likeness (QED) is 0.804. The lowest BCUT2D eigenvalue weighted by Gasteiger charge is -2.08. The molecule has 1 unspecified atom stereocenters. The zero-order valence-electron chi connectivity index (χ0n) is 8.80. The Balaban J connectivity index is 1.90. The van der Waals surface area contributed by atoms with Crippen molar-refractivity contribution in [1.82, 2.24) is 20.6 Å². The van der Waals surface area contributed by atoms with Gasteiger partial charge in [0.15, 0.2) is 5.82 Å². The standard InChI is InChI=1S/C11H13N5/c12-10(11-13-15-16-14-11)9-3-1-2-8(6-9)7-4-5-7/h1-3,6-7,10H,4-5,12H2,(H,13,14,15,16). The number of nitrogens with zero attached hydrogens (tertiary/aromatic N) is 3. The van der Waals surface area contributed by atoms with Crippen LogP contribution in [0.2, 0.25) is 0 Å². The van der Waals surface area contributed by atoms with Crippen LogP contribution in [0.15, 0.2) is 24.3 Å². The third kappa shape index (κ3) is 1.69. The average Bonchev–Trinajstić information content (AvgIpc) is 3.04. The van der Waals surface area contributed by atoms with E-state index in [1.54, 1.807) is 0 Å². The number of aromatic amines is 1. The molecule has 2 aromatic rings. The van der Waals surface area contributed by atoms with Gasteiger partial charge in [-0.1, -0.05) is 29.5 Å². The molecule has 0 saturated heterocycles. The number of aromatic nitrogens is 4. The number of nitrogens with two attached hydrogens (primary N) is 1. The van der Waals surface area contributed by atoms with Crippen molar-refractivity contribution in [2.45, 2.75) is 24.8 Å². The van der Waals surface area contributed by atoms with Crippen molar-refractivity contribution in [2.75, 3.05) is 0 Å². The van der Waals surface area contributed by atoms with Crippen LogP contribution in [0, 0.1) is 0 Å². The van der Waals surface area contributed by atoms with Crippen LogP contribution >= 0.6 is 0 Å². The summed E-state index contributed by atoms with van der Waals surface area (Å²) < 4.78 is 0. The van der Waals surface area contributed by atoms with Gasteiger partial charge in [-0.2, -0.15) is 5.21 Å². The van der Waals surface area contributed by atoms with Crippen molar-refractivity contribution in [1.29, 1.82) is 0 Å². The van der Waals surface area contributed by atoms with Gasteiger partial charge in [0.1, 0.15) is 0 Å². The molecule has 3 N–H and O–H groups in total. The number of tetrazole rings is 1. The van der Waals surface area contributed by atoms with E-state index in [0.29, 0.717) is 5.82 Å². The van der Waals surface area contributed by atoms with E-state index in [-0.39, 0.29) is 6.04 Å². The smallest absolute Gasteiger partial charge is 0.195 e. The van der Waals surface area contributed by atoms with E-state index in [1.807, 2.05) is 12.1 Å². The van der Waals surface area contributed by atoms with Gasteiger partial charge in [0, 0.05) is 0 Å². The Hall–Kier alpha value is -1.75. The molecule has 1 saturated carbocycles. The van der Waals surface area contributed by atoms with Gasteiger partial charge >= 0.3 is 0 Å². The highest BCUT2D eigenvalue weighted by Gasteiger charge is 2.24. The molecule has 82 valence electrons. The van der Waals surface area contributed by atoms with Crippen LogP contribution in [0.4, 0.5) is 0 Å². The number of nitrogens with one attached hydrogen (secondary N) is 1. The third-order valence-electron chi connectivity index (χ3n) is 2.96. The van der Waals surface area contributed by atoms with Crippen LogP contribution in [-0.2, 0) is 0 Å². The molecule has 16 heavy (non-hydrogen) atoms. The van der Waals surface area contributed by atoms with Crippen molar-refractivity contribution >= 4 is 0 Å². The highest BCUT2D eigenvalue weighted by atomic mass is 15.5. The Bertz CT molecular complexity index is 475. The number of hydrogen-bond acceptors (Lipinski definition) is 4. The Morgan fingerprint density at radius 1 is 1.38 bits per heavy atom. The van der Waals surface area contributed by atoms with Gasteiger partial charge < -0.3 is 5.73 Å². The minimum absolute atomic E-state index is 0.294. The minimum Gasteiger partial charge on any atom is -0.318 e. The van der Waals surface area contributed by atoms with Gasteiger partial charge in [0.05, 0.1) is 6.04 Å². The van der Waals surface area contributed by atoms with E-state index in [1.165, 1.54) is 18.4 Å². The summed E-state index contributed by atoms with van der Waals surface area (Å²) in [5.41, 5.74) is 8.48. The summed E-state index contributed by atoms with van der Waals surface area (Å²) in [4.78, 5) is 0. The zero-order chi connectivity index (χ0) is 11.0. The first-order valence-electron chi connectivity index (χ1n) is 5.43. The minimum atomic E-state index is -0.294. The van der Waals surface area contributed by atoms with Gasteiger partial charge in [0.2, 0.25) is 0 Å². The Morgan fingerprint density at radius 2 is 2.25 bits per heavy atom. The molecule has 3 rings (SSSR count). The second kappa shape index (κ2) is 3.68. The van der Waals surface area contributed by atoms with Crippen molar-refractivity contribution in [3.05, 3.63) is 41.2 Å². The second-order valence-electron chi connectivity index (χ2n) is 4.19. The second-order valence-corrected chi connectivity index (χ2v) is 4.19. The van der Waals surface area contributed by atoms with Gasteiger partial charge in [0.25, 0.3) is 0 Å². The monoisotopic (exact) mass is 215 g/mol. The van der Waals surface area contributed by atoms with Crippen molar-refractivity contribution in [3.63, 3.8) is 0 Å². The lowest BCUT2D eigenvalue weighted by atomic mass is 10.0. The number of hydrogen-bond donors (Lipinski definition) is 2. The molecule has 1 fully saturated rings.